The molecule has 4 heteroatoms. The SMILES string of the molecule is CCC(N)c1ccc(F)c(F)c1O. The van der Waals surface area contributed by atoms with Crippen molar-refractivity contribution in [2.45, 2.75) is 19.4 Å². The van der Waals surface area contributed by atoms with Gasteiger partial charge in [-0.05, 0) is 12.5 Å². The molecule has 72 valence electrons. The molecule has 0 bridgehead atoms. The van der Waals surface area contributed by atoms with E-state index in [1.807, 2.05) is 0 Å². The highest BCUT2D eigenvalue weighted by Gasteiger charge is 2.15. The second kappa shape index (κ2) is 3.70. The molecule has 0 aliphatic carbocycles. The minimum absolute atomic E-state index is 0.237. The van der Waals surface area contributed by atoms with Gasteiger partial charge < -0.3 is 10.8 Å². The van der Waals surface area contributed by atoms with Crippen LogP contribution >= 0.6 is 0 Å². The Hall–Kier alpha value is -1.16. The van der Waals surface area contributed by atoms with Crippen molar-refractivity contribution < 1.29 is 13.9 Å². The van der Waals surface area contributed by atoms with E-state index in [4.69, 9.17) is 5.73 Å². The first-order valence-corrected chi connectivity index (χ1v) is 4.00. The summed E-state index contributed by atoms with van der Waals surface area (Å²) in [5.74, 6) is -2.99. The molecule has 0 aromatic heterocycles. The van der Waals surface area contributed by atoms with Gasteiger partial charge in [-0.1, -0.05) is 13.0 Å². The lowest BCUT2D eigenvalue weighted by atomic mass is 10.0. The van der Waals surface area contributed by atoms with Crippen LogP contribution in [0.2, 0.25) is 0 Å². The summed E-state index contributed by atoms with van der Waals surface area (Å²) in [4.78, 5) is 0. The van der Waals surface area contributed by atoms with E-state index in [2.05, 4.69) is 0 Å². The third-order valence-corrected chi connectivity index (χ3v) is 1.94. The van der Waals surface area contributed by atoms with Gasteiger partial charge in [0, 0.05) is 11.6 Å². The van der Waals surface area contributed by atoms with E-state index >= 15 is 0 Å². The quantitative estimate of drug-likeness (QED) is 0.744. The maximum absolute atomic E-state index is 12.8. The average Bonchev–Trinajstić information content (AvgIpc) is 2.13. The number of phenols is 1. The number of hydrogen-bond acceptors (Lipinski definition) is 2. The Morgan fingerprint density at radius 1 is 1.46 bits per heavy atom. The van der Waals surface area contributed by atoms with Crippen LogP contribution in [0.4, 0.5) is 8.78 Å². The molecule has 0 radical (unpaired) electrons. The molecule has 0 fully saturated rings. The molecule has 0 saturated carbocycles. The molecule has 0 aliphatic rings. The van der Waals surface area contributed by atoms with Gasteiger partial charge in [-0.3, -0.25) is 0 Å². The van der Waals surface area contributed by atoms with Crippen LogP contribution in [0.25, 0.3) is 0 Å². The number of phenolic OH excluding ortho intramolecular Hbond substituents is 1. The summed E-state index contributed by atoms with van der Waals surface area (Å²) < 4.78 is 25.4. The van der Waals surface area contributed by atoms with Gasteiger partial charge >= 0.3 is 0 Å². The highest BCUT2D eigenvalue weighted by atomic mass is 19.2. The minimum Gasteiger partial charge on any atom is -0.505 e. The van der Waals surface area contributed by atoms with E-state index in [-0.39, 0.29) is 5.56 Å². The largest absolute Gasteiger partial charge is 0.505 e. The average molecular weight is 187 g/mol. The highest BCUT2D eigenvalue weighted by Crippen LogP contribution is 2.28. The monoisotopic (exact) mass is 187 g/mol. The molecule has 3 N–H and O–H groups in total. The Morgan fingerprint density at radius 3 is 2.62 bits per heavy atom. The molecule has 0 amide bonds. The summed E-state index contributed by atoms with van der Waals surface area (Å²) in [7, 11) is 0. The third-order valence-electron chi connectivity index (χ3n) is 1.94. The maximum atomic E-state index is 12.8. The van der Waals surface area contributed by atoms with E-state index in [1.54, 1.807) is 6.92 Å². The normalized spacial score (nSPS) is 12.9. The van der Waals surface area contributed by atoms with Crippen molar-refractivity contribution in [2.75, 3.05) is 0 Å². The van der Waals surface area contributed by atoms with Crippen LogP contribution in [-0.4, -0.2) is 5.11 Å². The molecule has 1 aromatic rings. The van der Waals surface area contributed by atoms with Gasteiger partial charge in [-0.15, -0.1) is 0 Å². The summed E-state index contributed by atoms with van der Waals surface area (Å²) in [5.41, 5.74) is 5.80. The predicted molar refractivity (Wildman–Crippen MR) is 45.2 cm³/mol. The van der Waals surface area contributed by atoms with Crippen molar-refractivity contribution >= 4 is 0 Å². The van der Waals surface area contributed by atoms with Crippen molar-refractivity contribution in [2.24, 2.45) is 5.73 Å². The number of rotatable bonds is 2. The molecule has 1 aromatic carbocycles. The van der Waals surface area contributed by atoms with Crippen LogP contribution in [0.15, 0.2) is 12.1 Å². The zero-order chi connectivity index (χ0) is 10.0. The van der Waals surface area contributed by atoms with Crippen LogP contribution < -0.4 is 5.73 Å². The predicted octanol–water partition coefficient (Wildman–Crippen LogP) is 2.08. The molecule has 0 heterocycles. The highest BCUT2D eigenvalue weighted by molar-refractivity contribution is 5.36. The van der Waals surface area contributed by atoms with Crippen LogP contribution in [0.1, 0.15) is 24.9 Å². The molecule has 13 heavy (non-hydrogen) atoms. The summed E-state index contributed by atoms with van der Waals surface area (Å²) in [6.45, 7) is 1.80. The summed E-state index contributed by atoms with van der Waals surface area (Å²) in [6.07, 6.45) is 0.554. The van der Waals surface area contributed by atoms with E-state index in [1.165, 1.54) is 6.07 Å². The number of nitrogens with two attached hydrogens (primary N) is 1. The van der Waals surface area contributed by atoms with Gasteiger partial charge in [-0.25, -0.2) is 4.39 Å². The minimum atomic E-state index is -1.23. The second-order valence-corrected chi connectivity index (χ2v) is 2.81. The zero-order valence-electron chi connectivity index (χ0n) is 7.22. The molecule has 0 saturated heterocycles. The standard InChI is InChI=1S/C9H11F2NO/c1-2-7(12)5-3-4-6(10)8(11)9(5)13/h3-4,7,13H,2,12H2,1H3. The first-order valence-electron chi connectivity index (χ1n) is 4.00. The van der Waals surface area contributed by atoms with Gasteiger partial charge in [-0.2, -0.15) is 4.39 Å². The molecule has 1 rings (SSSR count). The Morgan fingerprint density at radius 2 is 2.08 bits per heavy atom. The molecule has 0 spiro atoms. The third kappa shape index (κ3) is 1.78. The molecule has 2 nitrogen and oxygen atoms in total. The van der Waals surface area contributed by atoms with E-state index in [0.29, 0.717) is 6.42 Å². The lowest BCUT2D eigenvalue weighted by molar-refractivity contribution is 0.396. The number of benzene rings is 1. The lowest BCUT2D eigenvalue weighted by Gasteiger charge is -2.11. The number of hydrogen-bond donors (Lipinski definition) is 2. The van der Waals surface area contributed by atoms with E-state index < -0.39 is 23.4 Å². The van der Waals surface area contributed by atoms with Crippen molar-refractivity contribution in [3.05, 3.63) is 29.3 Å². The zero-order valence-corrected chi connectivity index (χ0v) is 7.22. The summed E-state index contributed by atoms with van der Waals surface area (Å²) in [5, 5.41) is 9.18. The Kier molecular flexibility index (Phi) is 2.83. The molecular formula is C9H11F2NO. The van der Waals surface area contributed by atoms with Crippen molar-refractivity contribution in [3.63, 3.8) is 0 Å². The first kappa shape index (κ1) is 9.92. The Labute approximate surface area is 75.0 Å². The molecule has 1 atom stereocenters. The van der Waals surface area contributed by atoms with Crippen LogP contribution in [0.3, 0.4) is 0 Å². The summed E-state index contributed by atoms with van der Waals surface area (Å²) in [6, 6.07) is 1.79. The molecule has 0 aliphatic heterocycles. The number of halogens is 2. The first-order chi connectivity index (χ1) is 6.07. The van der Waals surface area contributed by atoms with Crippen LogP contribution in [0.5, 0.6) is 5.75 Å². The smallest absolute Gasteiger partial charge is 0.200 e. The van der Waals surface area contributed by atoms with Crippen molar-refractivity contribution in [1.29, 1.82) is 0 Å². The molecular weight excluding hydrogens is 176 g/mol. The number of aromatic hydroxyl groups is 1. The summed E-state index contributed by atoms with van der Waals surface area (Å²) >= 11 is 0. The van der Waals surface area contributed by atoms with Crippen LogP contribution in [0, 0.1) is 11.6 Å². The maximum Gasteiger partial charge on any atom is 0.200 e. The van der Waals surface area contributed by atoms with E-state index in [0.717, 1.165) is 6.07 Å². The van der Waals surface area contributed by atoms with Gasteiger partial charge in [0.2, 0.25) is 5.82 Å². The Balaban J connectivity index is 3.18. The molecule has 1 unspecified atom stereocenters. The fraction of sp³-hybridized carbons (Fsp3) is 0.333. The van der Waals surface area contributed by atoms with E-state index in [9.17, 15) is 13.9 Å². The van der Waals surface area contributed by atoms with Gasteiger partial charge in [0.25, 0.3) is 0 Å². The van der Waals surface area contributed by atoms with Crippen LogP contribution in [-0.2, 0) is 0 Å². The lowest BCUT2D eigenvalue weighted by Crippen LogP contribution is -2.09. The second-order valence-electron chi connectivity index (χ2n) is 2.81. The fourth-order valence-corrected chi connectivity index (χ4v) is 1.07. The van der Waals surface area contributed by atoms with Gasteiger partial charge in [0.1, 0.15) is 0 Å². The van der Waals surface area contributed by atoms with Gasteiger partial charge in [0.05, 0.1) is 0 Å². The Bertz CT molecular complexity index is 315. The van der Waals surface area contributed by atoms with Gasteiger partial charge in [0.15, 0.2) is 11.6 Å². The van der Waals surface area contributed by atoms with Crippen molar-refractivity contribution in [3.8, 4) is 5.75 Å². The van der Waals surface area contributed by atoms with Crippen molar-refractivity contribution in [1.82, 2.24) is 0 Å². The fourth-order valence-electron chi connectivity index (χ4n) is 1.07. The topological polar surface area (TPSA) is 46.2 Å².